The Labute approximate surface area is 346 Å². The molecule has 0 atom stereocenters. The number of hydrogen-bond donors (Lipinski definition) is 2. The highest BCUT2D eigenvalue weighted by Crippen LogP contribution is 2.39. The van der Waals surface area contributed by atoms with Gasteiger partial charge >= 0.3 is 5.97 Å². The molecule has 2 aliphatic heterocycles. The Bertz CT molecular complexity index is 2330. The van der Waals surface area contributed by atoms with Gasteiger partial charge in [-0.3, -0.25) is 4.79 Å². The lowest BCUT2D eigenvalue weighted by Crippen LogP contribution is -2.41. The molecule has 0 saturated heterocycles. The summed E-state index contributed by atoms with van der Waals surface area (Å²) in [7, 11) is -5.92. The Morgan fingerprint density at radius 3 is 1.53 bits per heavy atom. The van der Waals surface area contributed by atoms with Gasteiger partial charge in [-0.1, -0.05) is 57.6 Å². The number of benzene rings is 4. The molecule has 4 aromatic carbocycles. The summed E-state index contributed by atoms with van der Waals surface area (Å²) in [5.41, 5.74) is 6.47. The van der Waals surface area contributed by atoms with Crippen molar-refractivity contribution in [1.82, 2.24) is 8.61 Å². The molecule has 57 heavy (non-hydrogen) atoms. The normalized spacial score (nSPS) is 15.0. The number of anilines is 2. The third kappa shape index (κ3) is 11.1. The molecule has 314 valence electrons. The number of amides is 1. The van der Waals surface area contributed by atoms with Crippen LogP contribution >= 0.6 is 23.2 Å². The molecule has 17 heteroatoms. The monoisotopic (exact) mass is 872 g/mol. The Balaban J connectivity index is 0.000000461. The van der Waals surface area contributed by atoms with Crippen molar-refractivity contribution in [2.24, 2.45) is 0 Å². The van der Waals surface area contributed by atoms with Crippen molar-refractivity contribution in [3.8, 4) is 0 Å². The highest BCUT2D eigenvalue weighted by molar-refractivity contribution is 7.89. The van der Waals surface area contributed by atoms with Crippen LogP contribution in [0.5, 0.6) is 0 Å². The number of nitrogen functional groups attached to an aromatic ring is 1. The number of nitrogens with zero attached hydrogens (tertiary/aromatic N) is 2. The SMILES string of the molecule is C.C.C.CC(C)(C)N1Cc2c(C(=O)Nc3ccc(F)c(Cl)c3)cccc2S1(=O)=O.COC(=O)c1cccc2c1CN(C(C)(C)C)S2(=O)=O.Nc1ccc(F)c(Cl)c1. The minimum atomic E-state index is -3.66. The molecule has 0 fully saturated rings. The lowest BCUT2D eigenvalue weighted by molar-refractivity contribution is 0.0598. The Hall–Kier alpha value is -4.12. The fraction of sp³-hybridized carbons (Fsp3) is 0.350. The molecule has 0 unspecified atom stereocenters. The zero-order valence-corrected chi connectivity index (χ0v) is 33.6. The molecule has 2 aliphatic rings. The third-order valence-corrected chi connectivity index (χ3v) is 13.2. The van der Waals surface area contributed by atoms with Gasteiger partial charge in [-0.15, -0.1) is 0 Å². The van der Waals surface area contributed by atoms with E-state index in [1.807, 2.05) is 20.8 Å². The first-order valence-electron chi connectivity index (χ1n) is 16.3. The lowest BCUT2D eigenvalue weighted by atomic mass is 10.0. The van der Waals surface area contributed by atoms with Gasteiger partial charge in [0.15, 0.2) is 0 Å². The zero-order chi connectivity index (χ0) is 40.6. The molecule has 4 aromatic rings. The van der Waals surface area contributed by atoms with E-state index >= 15 is 0 Å². The van der Waals surface area contributed by atoms with Crippen LogP contribution in [0.15, 0.2) is 82.6 Å². The molecule has 2 heterocycles. The van der Waals surface area contributed by atoms with Crippen LogP contribution in [0.2, 0.25) is 10.0 Å². The number of esters is 1. The second-order valence-electron chi connectivity index (χ2n) is 14.2. The van der Waals surface area contributed by atoms with E-state index in [4.69, 9.17) is 33.7 Å². The number of hydrogen-bond acceptors (Lipinski definition) is 8. The van der Waals surface area contributed by atoms with Crippen molar-refractivity contribution in [3.63, 3.8) is 0 Å². The number of carbonyl (C=O) groups is 2. The first-order chi connectivity index (χ1) is 24.9. The summed E-state index contributed by atoms with van der Waals surface area (Å²) >= 11 is 11.1. The lowest BCUT2D eigenvalue weighted by Gasteiger charge is -2.29. The number of methoxy groups -OCH3 is 1. The minimum absolute atomic E-state index is 0. The van der Waals surface area contributed by atoms with E-state index < -0.39 is 54.6 Å². The van der Waals surface area contributed by atoms with Gasteiger partial charge in [0.05, 0.1) is 32.5 Å². The predicted molar refractivity (Wildman–Crippen MR) is 225 cm³/mol. The van der Waals surface area contributed by atoms with E-state index in [2.05, 4.69) is 5.32 Å². The van der Waals surface area contributed by atoms with Gasteiger partial charge in [0.2, 0.25) is 20.0 Å². The molecule has 0 radical (unpaired) electrons. The summed E-state index contributed by atoms with van der Waals surface area (Å²) in [6.45, 7) is 11.2. The van der Waals surface area contributed by atoms with Crippen LogP contribution in [-0.2, 0) is 37.9 Å². The first-order valence-corrected chi connectivity index (χ1v) is 19.9. The maximum atomic E-state index is 13.3. The van der Waals surface area contributed by atoms with Crippen molar-refractivity contribution < 1.29 is 39.9 Å². The topological polar surface area (TPSA) is 156 Å². The van der Waals surface area contributed by atoms with Crippen LogP contribution in [0.1, 0.15) is 95.7 Å². The van der Waals surface area contributed by atoms with Crippen molar-refractivity contribution >= 4 is 66.5 Å². The fourth-order valence-electron chi connectivity index (χ4n) is 5.63. The number of nitrogens with two attached hydrogens (primary N) is 1. The standard InChI is InChI=1S/C18H18ClFN2O3S.C13H17NO4S.C6H5ClFN.3CH4/c1-18(2,3)22-10-13-12(5-4-6-16(13)26(22,24)25)17(23)21-11-7-8-15(20)14(19)9-11;1-13(2,3)14-8-10-9(12(15)18-4)6-5-7-11(10)19(14,16)17;7-5-3-4(9)1-2-6(5)8;;;/h4-9H,10H2,1-3H3,(H,21,23);5-7H,8H2,1-4H3;1-3H,9H2;3*1H4. The quantitative estimate of drug-likeness (QED) is 0.152. The number of fused-ring (bicyclic) bond motifs is 2. The van der Waals surface area contributed by atoms with Crippen LogP contribution in [0, 0.1) is 11.6 Å². The van der Waals surface area contributed by atoms with Crippen LogP contribution < -0.4 is 11.1 Å². The van der Waals surface area contributed by atoms with Crippen molar-refractivity contribution in [3.05, 3.63) is 117 Å². The van der Waals surface area contributed by atoms with Gasteiger partial charge in [-0.2, -0.15) is 8.61 Å². The average Bonchev–Trinajstić information content (AvgIpc) is 3.54. The number of nitrogens with one attached hydrogen (secondary N) is 1. The Morgan fingerprint density at radius 1 is 0.702 bits per heavy atom. The Morgan fingerprint density at radius 2 is 1.12 bits per heavy atom. The van der Waals surface area contributed by atoms with Gasteiger partial charge in [0, 0.05) is 52.2 Å². The number of rotatable bonds is 3. The van der Waals surface area contributed by atoms with Gasteiger partial charge in [-0.05, 0) is 102 Å². The van der Waals surface area contributed by atoms with Crippen LogP contribution in [-0.4, -0.2) is 55.5 Å². The Kier molecular flexibility index (Phi) is 17.0. The largest absolute Gasteiger partial charge is 0.465 e. The van der Waals surface area contributed by atoms with E-state index in [1.54, 1.807) is 39.0 Å². The molecule has 0 aromatic heterocycles. The summed E-state index contributed by atoms with van der Waals surface area (Å²) in [4.78, 5) is 24.7. The van der Waals surface area contributed by atoms with Crippen molar-refractivity contribution in [2.75, 3.05) is 18.2 Å². The molecule has 11 nitrogen and oxygen atoms in total. The van der Waals surface area contributed by atoms with Crippen LogP contribution in [0.3, 0.4) is 0 Å². The van der Waals surface area contributed by atoms with E-state index in [9.17, 15) is 35.2 Å². The van der Waals surface area contributed by atoms with Crippen LogP contribution in [0.4, 0.5) is 20.2 Å². The highest BCUT2D eigenvalue weighted by atomic mass is 35.5. The van der Waals surface area contributed by atoms with E-state index in [0.29, 0.717) is 28.1 Å². The minimum Gasteiger partial charge on any atom is -0.465 e. The molecular weight excluding hydrogens is 821 g/mol. The fourth-order valence-corrected chi connectivity index (χ4v) is 9.99. The van der Waals surface area contributed by atoms with Gasteiger partial charge < -0.3 is 15.8 Å². The number of carbonyl (C=O) groups excluding carboxylic acids is 2. The van der Waals surface area contributed by atoms with Crippen molar-refractivity contribution in [2.45, 2.75) is 97.8 Å². The number of sulfonamides is 2. The summed E-state index contributed by atoms with van der Waals surface area (Å²) in [5, 5.41) is 2.59. The molecular formula is C40H52Cl2F2N4O7S2. The van der Waals surface area contributed by atoms with E-state index in [0.717, 1.165) is 6.07 Å². The first kappa shape index (κ1) is 50.9. The molecule has 0 aliphatic carbocycles. The summed E-state index contributed by atoms with van der Waals surface area (Å²) in [6, 6.07) is 17.2. The second-order valence-corrected chi connectivity index (χ2v) is 18.7. The average molecular weight is 874 g/mol. The number of halogens is 4. The highest BCUT2D eigenvalue weighted by Gasteiger charge is 2.44. The van der Waals surface area contributed by atoms with Crippen LogP contribution in [0.25, 0.3) is 0 Å². The summed E-state index contributed by atoms with van der Waals surface area (Å²) in [5.74, 6) is -2.01. The third-order valence-electron chi connectivity index (χ3n) is 8.27. The molecule has 0 spiro atoms. The summed E-state index contributed by atoms with van der Waals surface area (Å²) < 4.78 is 83.5. The number of ether oxygens (including phenoxy) is 1. The molecule has 0 bridgehead atoms. The molecule has 0 saturated carbocycles. The van der Waals surface area contributed by atoms with E-state index in [1.165, 1.54) is 64.3 Å². The maximum absolute atomic E-state index is 13.3. The molecule has 3 N–H and O–H groups in total. The van der Waals surface area contributed by atoms with Gasteiger partial charge in [0.25, 0.3) is 5.91 Å². The predicted octanol–water partition coefficient (Wildman–Crippen LogP) is 9.78. The van der Waals surface area contributed by atoms with Gasteiger partial charge in [-0.25, -0.2) is 30.4 Å². The summed E-state index contributed by atoms with van der Waals surface area (Å²) in [6.07, 6.45) is 0. The van der Waals surface area contributed by atoms with Gasteiger partial charge in [0.1, 0.15) is 11.6 Å². The molecule has 6 rings (SSSR count). The molecule has 1 amide bonds. The zero-order valence-electron chi connectivity index (χ0n) is 30.5. The maximum Gasteiger partial charge on any atom is 0.338 e. The van der Waals surface area contributed by atoms with E-state index in [-0.39, 0.29) is 60.8 Å². The smallest absolute Gasteiger partial charge is 0.338 e. The van der Waals surface area contributed by atoms with Crippen molar-refractivity contribution in [1.29, 1.82) is 0 Å². The second kappa shape index (κ2) is 19.1.